The van der Waals surface area contributed by atoms with Gasteiger partial charge in [0.05, 0.1) is 11.1 Å². The number of amides is 2. The average molecular weight is 554 g/mol. The molecule has 2 amide bonds. The van der Waals surface area contributed by atoms with E-state index in [0.29, 0.717) is 25.0 Å². The highest BCUT2D eigenvalue weighted by Gasteiger charge is 2.37. The van der Waals surface area contributed by atoms with Gasteiger partial charge in [-0.3, -0.25) is 19.4 Å². The number of phosphoric acid groups is 1. The Labute approximate surface area is 206 Å². The van der Waals surface area contributed by atoms with Gasteiger partial charge in [-0.25, -0.2) is 4.57 Å². The molecule has 0 saturated carbocycles. The highest BCUT2D eigenvalue weighted by molar-refractivity contribution is 7.46. The lowest BCUT2D eigenvalue weighted by atomic mass is 10.0. The minimum absolute atomic E-state index is 0.00693. The molecule has 1 saturated heterocycles. The second-order valence-electron chi connectivity index (χ2n) is 8.30. The number of rotatable bonds is 6. The molecule has 3 rings (SSSR count). The van der Waals surface area contributed by atoms with Crippen molar-refractivity contribution in [3.8, 4) is 5.75 Å². The van der Waals surface area contributed by atoms with Gasteiger partial charge in [0.15, 0.2) is 0 Å². The molecule has 2 aromatic rings. The highest BCUT2D eigenvalue weighted by Crippen LogP contribution is 2.38. The van der Waals surface area contributed by atoms with Crippen LogP contribution in [0.1, 0.15) is 46.3 Å². The van der Waals surface area contributed by atoms with E-state index in [9.17, 15) is 40.5 Å². The molecular formula is C22H21F6N2O6P. The van der Waals surface area contributed by atoms with E-state index in [0.717, 1.165) is 17.0 Å². The molecule has 3 N–H and O–H groups in total. The number of nitrogens with one attached hydrogen (secondary N) is 1. The van der Waals surface area contributed by atoms with Crippen LogP contribution in [0, 0.1) is 0 Å². The lowest BCUT2D eigenvalue weighted by molar-refractivity contribution is -0.143. The zero-order chi connectivity index (χ0) is 27.6. The Morgan fingerprint density at radius 2 is 1.57 bits per heavy atom. The van der Waals surface area contributed by atoms with Crippen LogP contribution in [0.3, 0.4) is 0 Å². The molecule has 0 bridgehead atoms. The molecule has 1 fully saturated rings. The maximum atomic E-state index is 13.2. The molecule has 1 aliphatic heterocycles. The summed E-state index contributed by atoms with van der Waals surface area (Å²) in [5.41, 5.74) is -3.32. The van der Waals surface area contributed by atoms with Crippen LogP contribution in [0.25, 0.3) is 0 Å². The minimum atomic E-state index is -5.03. The van der Waals surface area contributed by atoms with Crippen molar-refractivity contribution in [2.75, 3.05) is 6.54 Å². The number of halogens is 6. The summed E-state index contributed by atoms with van der Waals surface area (Å²) < 4.78 is 94.4. The lowest BCUT2D eigenvalue weighted by Crippen LogP contribution is -2.47. The zero-order valence-electron chi connectivity index (χ0n) is 18.8. The fourth-order valence-electron chi connectivity index (χ4n) is 3.77. The van der Waals surface area contributed by atoms with Gasteiger partial charge in [-0.05, 0) is 67.3 Å². The summed E-state index contributed by atoms with van der Waals surface area (Å²) >= 11 is 0. The van der Waals surface area contributed by atoms with E-state index in [1.807, 2.05) is 0 Å². The van der Waals surface area contributed by atoms with Gasteiger partial charge in [-0.1, -0.05) is 0 Å². The van der Waals surface area contributed by atoms with Gasteiger partial charge in [0, 0.05) is 18.7 Å². The van der Waals surface area contributed by atoms with Crippen molar-refractivity contribution >= 4 is 19.6 Å². The van der Waals surface area contributed by atoms with Gasteiger partial charge in [0.25, 0.3) is 5.91 Å². The van der Waals surface area contributed by atoms with E-state index in [4.69, 9.17) is 9.79 Å². The van der Waals surface area contributed by atoms with Crippen LogP contribution >= 0.6 is 7.82 Å². The summed E-state index contributed by atoms with van der Waals surface area (Å²) in [6.07, 6.45) is -8.99. The molecule has 0 spiro atoms. The Balaban J connectivity index is 1.77. The number of hydrogen-bond donors (Lipinski definition) is 3. The van der Waals surface area contributed by atoms with Crippen molar-refractivity contribution in [2.45, 2.75) is 44.2 Å². The smallest absolute Gasteiger partial charge is 0.404 e. The fourth-order valence-corrected chi connectivity index (χ4v) is 4.17. The monoisotopic (exact) mass is 554 g/mol. The summed E-state index contributed by atoms with van der Waals surface area (Å²) in [6.45, 7) is -0.455. The van der Waals surface area contributed by atoms with Gasteiger partial charge in [-0.2, -0.15) is 26.3 Å². The maximum absolute atomic E-state index is 13.2. The quantitative estimate of drug-likeness (QED) is 0.358. The zero-order valence-corrected chi connectivity index (χ0v) is 19.7. The molecule has 1 heterocycles. The van der Waals surface area contributed by atoms with Crippen LogP contribution in [0.4, 0.5) is 26.3 Å². The highest BCUT2D eigenvalue weighted by atomic mass is 31.2. The Kier molecular flexibility index (Phi) is 8.25. The van der Waals surface area contributed by atoms with E-state index in [2.05, 4.69) is 9.84 Å². The summed E-state index contributed by atoms with van der Waals surface area (Å²) in [7, 11) is -4.80. The van der Waals surface area contributed by atoms with Crippen molar-refractivity contribution in [3.05, 3.63) is 64.7 Å². The first-order valence-corrected chi connectivity index (χ1v) is 12.3. The number of carbonyl (C=O) groups excluding carboxylic acids is 2. The molecule has 2 aromatic carbocycles. The summed E-state index contributed by atoms with van der Waals surface area (Å²) in [5.74, 6) is -1.60. The molecule has 1 aliphatic rings. The summed E-state index contributed by atoms with van der Waals surface area (Å²) in [4.78, 5) is 44.4. The van der Waals surface area contributed by atoms with Crippen molar-refractivity contribution in [1.82, 2.24) is 10.2 Å². The normalized spacial score (nSPS) is 17.4. The predicted octanol–water partition coefficient (Wildman–Crippen LogP) is 4.51. The molecule has 15 heteroatoms. The molecule has 0 aromatic heterocycles. The number of phosphoric ester groups is 1. The molecule has 0 unspecified atom stereocenters. The molecule has 202 valence electrons. The lowest BCUT2D eigenvalue weighted by Gasteiger charge is -2.26. The van der Waals surface area contributed by atoms with Crippen LogP contribution in [0.2, 0.25) is 0 Å². The van der Waals surface area contributed by atoms with Crippen LogP contribution < -0.4 is 9.84 Å². The maximum Gasteiger partial charge on any atom is 0.524 e. The standard InChI is InChI=1S/C22H21F6N2O6P/c23-21(24,25)15-9-13(10-16(11-15)22(26,27)28)12-30-8-2-1-3-18(20(30)32)29-19(31)14-4-6-17(7-5-14)36-37(33,34)35/h4-7,9-11,18H,1-3,8,12H2,(H,29,31)(H2,33,34,35)/t18-/m0/s1. The SMILES string of the molecule is O=C(N[C@H]1CCCCN(Cc2cc(C(F)(F)F)cc(C(F)(F)F)c2)C1=O)c1ccc(OP(=O)(O)O)cc1. The van der Waals surface area contributed by atoms with Crippen molar-refractivity contribution in [1.29, 1.82) is 0 Å². The van der Waals surface area contributed by atoms with Gasteiger partial charge < -0.3 is 14.7 Å². The van der Waals surface area contributed by atoms with Gasteiger partial charge in [0.2, 0.25) is 5.91 Å². The third-order valence-corrected chi connectivity index (χ3v) is 5.90. The predicted molar refractivity (Wildman–Crippen MR) is 116 cm³/mol. The summed E-state index contributed by atoms with van der Waals surface area (Å²) in [6, 6.07) is 4.68. The first-order chi connectivity index (χ1) is 17.0. The van der Waals surface area contributed by atoms with Crippen LogP contribution in [-0.2, 0) is 28.3 Å². The second kappa shape index (κ2) is 10.7. The molecular weight excluding hydrogens is 533 g/mol. The number of hydrogen-bond acceptors (Lipinski definition) is 4. The Morgan fingerprint density at radius 3 is 2.08 bits per heavy atom. The Morgan fingerprint density at radius 1 is 1.00 bits per heavy atom. The van der Waals surface area contributed by atoms with Crippen LogP contribution in [0.5, 0.6) is 5.75 Å². The number of likely N-dealkylation sites (tertiary alicyclic amines) is 1. The van der Waals surface area contributed by atoms with E-state index >= 15 is 0 Å². The van der Waals surface area contributed by atoms with E-state index in [1.165, 1.54) is 12.1 Å². The molecule has 1 atom stereocenters. The van der Waals surface area contributed by atoms with Crippen molar-refractivity contribution in [3.63, 3.8) is 0 Å². The van der Waals surface area contributed by atoms with Crippen LogP contribution in [0.15, 0.2) is 42.5 Å². The molecule has 0 radical (unpaired) electrons. The average Bonchev–Trinajstić information content (AvgIpc) is 2.93. The van der Waals surface area contributed by atoms with Gasteiger partial charge in [-0.15, -0.1) is 0 Å². The minimum Gasteiger partial charge on any atom is -0.404 e. The topological polar surface area (TPSA) is 116 Å². The Bertz CT molecular complexity index is 1160. The molecule has 0 aliphatic carbocycles. The summed E-state index contributed by atoms with van der Waals surface area (Å²) in [5, 5.41) is 2.50. The van der Waals surface area contributed by atoms with Gasteiger partial charge in [0.1, 0.15) is 11.8 Å². The number of alkyl halides is 6. The first kappa shape index (κ1) is 28.5. The largest absolute Gasteiger partial charge is 0.524 e. The number of nitrogens with zero attached hydrogens (tertiary/aromatic N) is 1. The number of benzene rings is 2. The molecule has 8 nitrogen and oxygen atoms in total. The van der Waals surface area contributed by atoms with E-state index in [1.54, 1.807) is 0 Å². The first-order valence-electron chi connectivity index (χ1n) is 10.8. The van der Waals surface area contributed by atoms with Crippen molar-refractivity contribution in [2.24, 2.45) is 0 Å². The third-order valence-electron chi connectivity index (χ3n) is 5.45. The third kappa shape index (κ3) is 7.94. The number of carbonyl (C=O) groups is 2. The van der Waals surface area contributed by atoms with Crippen LogP contribution in [-0.4, -0.2) is 39.1 Å². The van der Waals surface area contributed by atoms with E-state index < -0.39 is 55.7 Å². The second-order valence-corrected chi connectivity index (χ2v) is 9.47. The van der Waals surface area contributed by atoms with Crippen molar-refractivity contribution < 1.29 is 54.8 Å². The Hall–Kier alpha value is -3.09. The van der Waals surface area contributed by atoms with Gasteiger partial charge >= 0.3 is 20.2 Å². The fraction of sp³-hybridized carbons (Fsp3) is 0.364. The molecule has 37 heavy (non-hydrogen) atoms. The van der Waals surface area contributed by atoms with E-state index in [-0.39, 0.29) is 35.9 Å².